The molecule has 0 radical (unpaired) electrons. The lowest BCUT2D eigenvalue weighted by molar-refractivity contribution is 0.0951. The standard InChI is InChI=1S/C23H19BrN4O2/c24-19-14-27-28(15-19)21-8-6-18(7-9-21)23(29)26-13-17-4-10-22(11-5-17)30-16-20-3-1-2-12-25-20/h1-12,14-15H,13,16H2,(H,26,29). The van der Waals surface area contributed by atoms with Gasteiger partial charge in [-0.3, -0.25) is 9.78 Å². The van der Waals surface area contributed by atoms with Crippen LogP contribution in [0.1, 0.15) is 21.6 Å². The van der Waals surface area contributed by atoms with Gasteiger partial charge < -0.3 is 10.1 Å². The van der Waals surface area contributed by atoms with Gasteiger partial charge in [0.15, 0.2) is 0 Å². The van der Waals surface area contributed by atoms with Crippen molar-refractivity contribution in [1.29, 1.82) is 0 Å². The zero-order valence-electron chi connectivity index (χ0n) is 16.0. The summed E-state index contributed by atoms with van der Waals surface area (Å²) in [7, 11) is 0. The normalized spacial score (nSPS) is 10.6. The number of benzene rings is 2. The van der Waals surface area contributed by atoms with Gasteiger partial charge in [-0.05, 0) is 70.0 Å². The first kappa shape index (κ1) is 19.8. The smallest absolute Gasteiger partial charge is 0.251 e. The Labute approximate surface area is 182 Å². The Balaban J connectivity index is 1.29. The van der Waals surface area contributed by atoms with Crippen LogP contribution in [0.2, 0.25) is 0 Å². The van der Waals surface area contributed by atoms with Crippen molar-refractivity contribution < 1.29 is 9.53 Å². The van der Waals surface area contributed by atoms with Gasteiger partial charge in [0.25, 0.3) is 5.91 Å². The Bertz CT molecular complexity index is 1110. The summed E-state index contributed by atoms with van der Waals surface area (Å²) >= 11 is 3.38. The summed E-state index contributed by atoms with van der Waals surface area (Å²) in [6.07, 6.45) is 5.32. The number of hydrogen-bond donors (Lipinski definition) is 1. The monoisotopic (exact) mass is 462 g/mol. The van der Waals surface area contributed by atoms with Gasteiger partial charge in [0, 0.05) is 24.5 Å². The predicted octanol–water partition coefficient (Wildman–Crippen LogP) is 4.54. The third-order valence-electron chi connectivity index (χ3n) is 4.43. The Morgan fingerprint density at radius 3 is 2.50 bits per heavy atom. The number of nitrogens with zero attached hydrogens (tertiary/aromatic N) is 3. The lowest BCUT2D eigenvalue weighted by Crippen LogP contribution is -2.22. The van der Waals surface area contributed by atoms with Crippen LogP contribution in [0.4, 0.5) is 0 Å². The summed E-state index contributed by atoms with van der Waals surface area (Å²) in [5.74, 6) is 0.634. The van der Waals surface area contributed by atoms with Crippen LogP contribution in [0, 0.1) is 0 Å². The largest absolute Gasteiger partial charge is 0.487 e. The molecular formula is C23H19BrN4O2. The SMILES string of the molecule is O=C(NCc1ccc(OCc2ccccn2)cc1)c1ccc(-n2cc(Br)cn2)cc1. The molecule has 0 aliphatic heterocycles. The highest BCUT2D eigenvalue weighted by atomic mass is 79.9. The van der Waals surface area contributed by atoms with Gasteiger partial charge in [-0.2, -0.15) is 5.10 Å². The number of rotatable bonds is 7. The van der Waals surface area contributed by atoms with E-state index in [1.165, 1.54) is 0 Å². The first-order chi connectivity index (χ1) is 14.7. The Morgan fingerprint density at radius 2 is 1.83 bits per heavy atom. The van der Waals surface area contributed by atoms with Crippen molar-refractivity contribution in [1.82, 2.24) is 20.1 Å². The molecule has 0 spiro atoms. The van der Waals surface area contributed by atoms with Gasteiger partial charge in [0.05, 0.1) is 22.1 Å². The molecule has 1 amide bonds. The molecule has 0 aliphatic rings. The van der Waals surface area contributed by atoms with Crippen molar-refractivity contribution >= 4 is 21.8 Å². The van der Waals surface area contributed by atoms with Gasteiger partial charge in [0.2, 0.25) is 0 Å². The maximum atomic E-state index is 12.4. The quantitative estimate of drug-likeness (QED) is 0.437. The second kappa shape index (κ2) is 9.37. The van der Waals surface area contributed by atoms with E-state index in [4.69, 9.17) is 4.74 Å². The highest BCUT2D eigenvalue weighted by Crippen LogP contribution is 2.15. The summed E-state index contributed by atoms with van der Waals surface area (Å²) in [6, 6.07) is 20.7. The molecule has 1 N–H and O–H groups in total. The van der Waals surface area contributed by atoms with E-state index < -0.39 is 0 Å². The number of halogens is 1. The van der Waals surface area contributed by atoms with Crippen molar-refractivity contribution in [3.8, 4) is 11.4 Å². The van der Waals surface area contributed by atoms with Gasteiger partial charge in [-0.15, -0.1) is 0 Å². The minimum Gasteiger partial charge on any atom is -0.487 e. The Hall–Kier alpha value is -3.45. The lowest BCUT2D eigenvalue weighted by atomic mass is 10.1. The maximum absolute atomic E-state index is 12.4. The summed E-state index contributed by atoms with van der Waals surface area (Å²) in [5.41, 5.74) is 3.35. The molecule has 0 fully saturated rings. The van der Waals surface area contributed by atoms with Crippen molar-refractivity contribution in [2.24, 2.45) is 0 Å². The first-order valence-electron chi connectivity index (χ1n) is 9.38. The van der Waals surface area contributed by atoms with Crippen LogP contribution < -0.4 is 10.1 Å². The van der Waals surface area contributed by atoms with Gasteiger partial charge in [-0.25, -0.2) is 4.68 Å². The molecule has 0 bridgehead atoms. The van der Waals surface area contributed by atoms with E-state index in [-0.39, 0.29) is 5.91 Å². The van der Waals surface area contributed by atoms with Crippen LogP contribution in [0.25, 0.3) is 5.69 Å². The molecule has 30 heavy (non-hydrogen) atoms. The Kier molecular flexibility index (Phi) is 6.20. The van der Waals surface area contributed by atoms with E-state index in [1.807, 2.05) is 60.8 Å². The van der Waals surface area contributed by atoms with Crippen LogP contribution in [-0.4, -0.2) is 20.7 Å². The van der Waals surface area contributed by atoms with E-state index in [2.05, 4.69) is 31.3 Å². The summed E-state index contributed by atoms with van der Waals surface area (Å²) < 4.78 is 8.37. The van der Waals surface area contributed by atoms with Crippen molar-refractivity contribution in [2.75, 3.05) is 0 Å². The number of carbonyl (C=O) groups excluding carboxylic acids is 1. The molecule has 150 valence electrons. The third kappa shape index (κ3) is 5.12. The van der Waals surface area contributed by atoms with E-state index >= 15 is 0 Å². The molecule has 0 unspecified atom stereocenters. The fourth-order valence-electron chi connectivity index (χ4n) is 2.84. The number of carbonyl (C=O) groups is 1. The van der Waals surface area contributed by atoms with Crippen LogP contribution in [0.5, 0.6) is 5.75 Å². The molecule has 0 saturated heterocycles. The minimum atomic E-state index is -0.126. The van der Waals surface area contributed by atoms with Crippen LogP contribution in [-0.2, 0) is 13.2 Å². The molecular weight excluding hydrogens is 444 g/mol. The predicted molar refractivity (Wildman–Crippen MR) is 117 cm³/mol. The van der Waals surface area contributed by atoms with Gasteiger partial charge in [0.1, 0.15) is 12.4 Å². The fraction of sp³-hybridized carbons (Fsp3) is 0.0870. The average Bonchev–Trinajstić information content (AvgIpc) is 3.24. The van der Waals surface area contributed by atoms with Gasteiger partial charge >= 0.3 is 0 Å². The van der Waals surface area contributed by atoms with Crippen molar-refractivity contribution in [3.63, 3.8) is 0 Å². The molecule has 2 aromatic heterocycles. The highest BCUT2D eigenvalue weighted by Gasteiger charge is 2.07. The molecule has 2 aromatic carbocycles. The molecule has 4 rings (SSSR count). The number of aromatic nitrogens is 3. The zero-order chi connectivity index (χ0) is 20.8. The average molecular weight is 463 g/mol. The fourth-order valence-corrected chi connectivity index (χ4v) is 3.12. The van der Waals surface area contributed by atoms with Crippen LogP contribution in [0.15, 0.2) is 89.8 Å². The lowest BCUT2D eigenvalue weighted by Gasteiger charge is -2.09. The molecule has 0 atom stereocenters. The number of amides is 1. The summed E-state index contributed by atoms with van der Waals surface area (Å²) in [5, 5.41) is 7.17. The van der Waals surface area contributed by atoms with Crippen LogP contribution in [0.3, 0.4) is 0 Å². The molecule has 0 saturated carbocycles. The third-order valence-corrected chi connectivity index (χ3v) is 4.84. The van der Waals surface area contributed by atoms with Crippen LogP contribution >= 0.6 is 15.9 Å². The second-order valence-corrected chi connectivity index (χ2v) is 7.50. The minimum absolute atomic E-state index is 0.126. The molecule has 2 heterocycles. The van der Waals surface area contributed by atoms with E-state index in [1.54, 1.807) is 29.2 Å². The second-order valence-electron chi connectivity index (χ2n) is 6.59. The number of nitrogens with one attached hydrogen (secondary N) is 1. The molecule has 4 aromatic rings. The first-order valence-corrected chi connectivity index (χ1v) is 10.2. The molecule has 0 aliphatic carbocycles. The molecule has 7 heteroatoms. The summed E-state index contributed by atoms with van der Waals surface area (Å²) in [6.45, 7) is 0.857. The van der Waals surface area contributed by atoms with E-state index in [9.17, 15) is 4.79 Å². The summed E-state index contributed by atoms with van der Waals surface area (Å²) in [4.78, 5) is 16.7. The Morgan fingerprint density at radius 1 is 1.03 bits per heavy atom. The van der Waals surface area contributed by atoms with E-state index in [0.717, 1.165) is 27.2 Å². The maximum Gasteiger partial charge on any atom is 0.251 e. The van der Waals surface area contributed by atoms with Crippen molar-refractivity contribution in [3.05, 3.63) is 107 Å². The number of ether oxygens (including phenoxy) is 1. The van der Waals surface area contributed by atoms with Gasteiger partial charge in [-0.1, -0.05) is 18.2 Å². The van der Waals surface area contributed by atoms with E-state index in [0.29, 0.717) is 18.7 Å². The topological polar surface area (TPSA) is 69.0 Å². The number of pyridine rings is 1. The number of hydrogen-bond acceptors (Lipinski definition) is 4. The highest BCUT2D eigenvalue weighted by molar-refractivity contribution is 9.10. The van der Waals surface area contributed by atoms with Crippen molar-refractivity contribution in [2.45, 2.75) is 13.2 Å². The zero-order valence-corrected chi connectivity index (χ0v) is 17.6. The molecule has 6 nitrogen and oxygen atoms in total.